The number of carbonyl (C=O) groups is 1. The summed E-state index contributed by atoms with van der Waals surface area (Å²) in [6.07, 6.45) is 9.80. The van der Waals surface area contributed by atoms with Crippen LogP contribution in [0.1, 0.15) is 52.1 Å². The lowest BCUT2D eigenvalue weighted by Gasteiger charge is -2.39. The van der Waals surface area contributed by atoms with Crippen molar-refractivity contribution in [3.63, 3.8) is 0 Å². The zero-order valence-electron chi connectivity index (χ0n) is 21.4. The van der Waals surface area contributed by atoms with Crippen LogP contribution >= 0.6 is 0 Å². The third-order valence-electron chi connectivity index (χ3n) is 6.97. The fourth-order valence-electron chi connectivity index (χ4n) is 5.46. The molecule has 0 aliphatic carbocycles. The molecule has 6 rings (SSSR count). The fourth-order valence-corrected chi connectivity index (χ4v) is 5.46. The summed E-state index contributed by atoms with van der Waals surface area (Å²) in [7, 11) is 0. The normalized spacial score (nSPS) is 21.4. The Kier molecular flexibility index (Phi) is 5.58. The van der Waals surface area contributed by atoms with E-state index in [0.29, 0.717) is 11.7 Å². The number of rotatable bonds is 4. The Balaban J connectivity index is 1.22. The number of hydrogen-bond donors (Lipinski definition) is 0. The summed E-state index contributed by atoms with van der Waals surface area (Å²) in [6, 6.07) is 6.11. The molecule has 6 heterocycles. The Hall–Kier alpha value is -4.02. The van der Waals surface area contributed by atoms with Gasteiger partial charge in [0.25, 0.3) is 0 Å². The first-order valence-corrected chi connectivity index (χ1v) is 12.6. The number of ether oxygens (including phenoxy) is 2. The zero-order chi connectivity index (χ0) is 25.7. The standard InChI is InChI=1S/C26H30N8O3/c1-16-21(7-8-22(31-16)33-15-27-13-30-33)32-10-9-20-23(32)28-14-29-24(20)36-19-11-17-5-6-18(12-19)34(17)25(35)37-26(2,3)4/h7-10,13-15,17-19H,5-6,11-12H2,1-4H3/t17-,18-/m0/s1. The molecule has 0 N–H and O–H groups in total. The van der Waals surface area contributed by atoms with Gasteiger partial charge < -0.3 is 14.4 Å². The second-order valence-corrected chi connectivity index (χ2v) is 10.7. The number of aryl methyl sites for hydroxylation is 1. The third kappa shape index (κ3) is 4.38. The van der Waals surface area contributed by atoms with Gasteiger partial charge >= 0.3 is 6.09 Å². The van der Waals surface area contributed by atoms with Crippen LogP contribution in [0.5, 0.6) is 5.88 Å². The molecule has 11 nitrogen and oxygen atoms in total. The molecule has 2 saturated heterocycles. The van der Waals surface area contributed by atoms with Crippen LogP contribution < -0.4 is 4.74 Å². The molecule has 2 bridgehead atoms. The predicted molar refractivity (Wildman–Crippen MR) is 135 cm³/mol. The minimum atomic E-state index is -0.506. The van der Waals surface area contributed by atoms with Crippen molar-refractivity contribution >= 4 is 17.1 Å². The fraction of sp³-hybridized carbons (Fsp3) is 0.462. The molecule has 2 atom stereocenters. The van der Waals surface area contributed by atoms with E-state index in [1.165, 1.54) is 12.7 Å². The lowest BCUT2D eigenvalue weighted by Crippen LogP contribution is -2.50. The van der Waals surface area contributed by atoms with E-state index < -0.39 is 5.60 Å². The molecule has 0 radical (unpaired) electrons. The van der Waals surface area contributed by atoms with Gasteiger partial charge in [-0.2, -0.15) is 5.10 Å². The molecular weight excluding hydrogens is 472 g/mol. The number of pyridine rings is 1. The van der Waals surface area contributed by atoms with E-state index >= 15 is 0 Å². The first-order chi connectivity index (χ1) is 17.8. The molecule has 0 unspecified atom stereocenters. The summed E-state index contributed by atoms with van der Waals surface area (Å²) in [5, 5.41) is 4.99. The van der Waals surface area contributed by atoms with Gasteiger partial charge in [0.2, 0.25) is 5.88 Å². The van der Waals surface area contributed by atoms with Crippen LogP contribution in [-0.2, 0) is 4.74 Å². The maximum absolute atomic E-state index is 12.8. The Bertz CT molecular complexity index is 1430. The summed E-state index contributed by atoms with van der Waals surface area (Å²) >= 11 is 0. The first-order valence-electron chi connectivity index (χ1n) is 12.6. The molecule has 192 valence electrons. The molecule has 2 aliphatic heterocycles. The quantitative estimate of drug-likeness (QED) is 0.411. The number of hydrogen-bond acceptors (Lipinski definition) is 8. The van der Waals surface area contributed by atoms with E-state index in [2.05, 4.69) is 25.0 Å². The van der Waals surface area contributed by atoms with Crippen LogP contribution in [-0.4, -0.2) is 69.1 Å². The van der Waals surface area contributed by atoms with Crippen molar-refractivity contribution in [2.45, 2.75) is 77.2 Å². The molecule has 0 aromatic carbocycles. The first kappa shape index (κ1) is 23.4. The molecule has 1 amide bonds. The monoisotopic (exact) mass is 502 g/mol. The Morgan fingerprint density at radius 3 is 2.51 bits per heavy atom. The van der Waals surface area contributed by atoms with Crippen LogP contribution in [0.15, 0.2) is 43.4 Å². The van der Waals surface area contributed by atoms with Crippen LogP contribution in [0, 0.1) is 6.92 Å². The van der Waals surface area contributed by atoms with Crippen LogP contribution in [0.3, 0.4) is 0 Å². The highest BCUT2D eigenvalue weighted by atomic mass is 16.6. The van der Waals surface area contributed by atoms with Gasteiger partial charge in [0.1, 0.15) is 30.7 Å². The molecule has 4 aromatic heterocycles. The minimum Gasteiger partial charge on any atom is -0.474 e. The summed E-state index contributed by atoms with van der Waals surface area (Å²) in [5.74, 6) is 1.25. The van der Waals surface area contributed by atoms with Crippen LogP contribution in [0.25, 0.3) is 22.5 Å². The van der Waals surface area contributed by atoms with Gasteiger partial charge in [-0.3, -0.25) is 4.57 Å². The lowest BCUT2D eigenvalue weighted by molar-refractivity contribution is -0.00740. The average molecular weight is 503 g/mol. The highest BCUT2D eigenvalue weighted by molar-refractivity contribution is 5.83. The molecule has 0 spiro atoms. The van der Waals surface area contributed by atoms with E-state index in [1.54, 1.807) is 11.0 Å². The van der Waals surface area contributed by atoms with Crippen molar-refractivity contribution in [3.05, 3.63) is 49.1 Å². The lowest BCUT2D eigenvalue weighted by atomic mass is 10.00. The maximum Gasteiger partial charge on any atom is 0.410 e. The van der Waals surface area contributed by atoms with Crippen molar-refractivity contribution in [3.8, 4) is 17.4 Å². The van der Waals surface area contributed by atoms with Crippen molar-refractivity contribution in [1.29, 1.82) is 0 Å². The van der Waals surface area contributed by atoms with Gasteiger partial charge in [0.15, 0.2) is 11.5 Å². The average Bonchev–Trinajstić information content (AvgIpc) is 3.57. The number of amides is 1. The summed E-state index contributed by atoms with van der Waals surface area (Å²) in [4.78, 5) is 32.4. The number of carbonyl (C=O) groups excluding carboxylic acids is 1. The van der Waals surface area contributed by atoms with Gasteiger partial charge in [0.05, 0.1) is 16.8 Å². The van der Waals surface area contributed by atoms with Crippen molar-refractivity contribution in [1.82, 2.24) is 39.2 Å². The molecule has 2 fully saturated rings. The molecule has 0 saturated carbocycles. The zero-order valence-corrected chi connectivity index (χ0v) is 21.4. The maximum atomic E-state index is 12.8. The van der Waals surface area contributed by atoms with Gasteiger partial charge in [-0.1, -0.05) is 0 Å². The largest absolute Gasteiger partial charge is 0.474 e. The molecule has 2 aliphatic rings. The van der Waals surface area contributed by atoms with Gasteiger partial charge in [-0.25, -0.2) is 29.4 Å². The van der Waals surface area contributed by atoms with Crippen LogP contribution in [0.2, 0.25) is 0 Å². The highest BCUT2D eigenvalue weighted by Crippen LogP contribution is 2.39. The summed E-state index contributed by atoms with van der Waals surface area (Å²) < 4.78 is 15.7. The predicted octanol–water partition coefficient (Wildman–Crippen LogP) is 4.01. The van der Waals surface area contributed by atoms with Crippen LogP contribution in [0.4, 0.5) is 4.79 Å². The van der Waals surface area contributed by atoms with E-state index in [4.69, 9.17) is 9.47 Å². The third-order valence-corrected chi connectivity index (χ3v) is 6.97. The Morgan fingerprint density at radius 2 is 1.84 bits per heavy atom. The number of fused-ring (bicyclic) bond motifs is 3. The van der Waals surface area contributed by atoms with E-state index in [1.807, 2.05) is 61.6 Å². The van der Waals surface area contributed by atoms with Gasteiger partial charge in [-0.15, -0.1) is 0 Å². The molecule has 4 aromatic rings. The minimum absolute atomic E-state index is 0.0250. The smallest absolute Gasteiger partial charge is 0.410 e. The molecule has 37 heavy (non-hydrogen) atoms. The number of aromatic nitrogens is 7. The summed E-state index contributed by atoms with van der Waals surface area (Å²) in [6.45, 7) is 7.66. The van der Waals surface area contributed by atoms with Gasteiger partial charge in [0, 0.05) is 31.1 Å². The second-order valence-electron chi connectivity index (χ2n) is 10.7. The van der Waals surface area contributed by atoms with E-state index in [0.717, 1.165) is 48.1 Å². The molecular formula is C26H30N8O3. The van der Waals surface area contributed by atoms with E-state index in [-0.39, 0.29) is 24.3 Å². The Labute approximate surface area is 214 Å². The van der Waals surface area contributed by atoms with Gasteiger partial charge in [-0.05, 0) is 58.7 Å². The van der Waals surface area contributed by atoms with E-state index in [9.17, 15) is 4.79 Å². The van der Waals surface area contributed by atoms with Crippen molar-refractivity contribution < 1.29 is 14.3 Å². The second kappa shape index (κ2) is 8.82. The number of piperidine rings is 1. The topological polar surface area (TPSA) is 113 Å². The number of nitrogens with zero attached hydrogens (tertiary/aromatic N) is 8. The Morgan fingerprint density at radius 1 is 1.05 bits per heavy atom. The highest BCUT2D eigenvalue weighted by Gasteiger charge is 2.45. The SMILES string of the molecule is Cc1nc(-n2cncn2)ccc1-n1ccc2c(OC3C[C@@H]4CC[C@@H](C3)N4C(=O)OC(C)(C)C)ncnc21. The summed E-state index contributed by atoms with van der Waals surface area (Å²) in [5.41, 5.74) is 1.98. The van der Waals surface area contributed by atoms with Crippen molar-refractivity contribution in [2.24, 2.45) is 0 Å². The van der Waals surface area contributed by atoms with Crippen molar-refractivity contribution in [2.75, 3.05) is 0 Å². The molecule has 11 heteroatoms.